The van der Waals surface area contributed by atoms with E-state index in [0.717, 1.165) is 18.4 Å². The van der Waals surface area contributed by atoms with Crippen LogP contribution in [0.4, 0.5) is 0 Å². The van der Waals surface area contributed by atoms with E-state index in [1.54, 1.807) is 24.4 Å². The first-order valence-corrected chi connectivity index (χ1v) is 6.66. The molecule has 0 aromatic carbocycles. The zero-order valence-corrected chi connectivity index (χ0v) is 12.9. The maximum absolute atomic E-state index is 11.8. The second-order valence-electron chi connectivity index (χ2n) is 4.45. The average Bonchev–Trinajstić information content (AvgIpc) is 2.54. The van der Waals surface area contributed by atoms with Crippen molar-refractivity contribution >= 4 is 24.2 Å². The molecule has 0 saturated carbocycles. The Bertz CT molecular complexity index is 617. The van der Waals surface area contributed by atoms with Crippen LogP contribution in [0.5, 0.6) is 0 Å². The molecule has 0 spiro atoms. The fourth-order valence-electron chi connectivity index (χ4n) is 1.75. The summed E-state index contributed by atoms with van der Waals surface area (Å²) >= 11 is 0. The van der Waals surface area contributed by atoms with E-state index in [2.05, 4.69) is 27.7 Å². The minimum atomic E-state index is -0.458. The van der Waals surface area contributed by atoms with Gasteiger partial charge in [-0.15, -0.1) is 12.4 Å². The van der Waals surface area contributed by atoms with Gasteiger partial charge >= 0.3 is 0 Å². The number of rotatable bonds is 4. The molecular formula is C15H17ClN4O2. The summed E-state index contributed by atoms with van der Waals surface area (Å²) < 4.78 is 0. The van der Waals surface area contributed by atoms with Gasteiger partial charge in [-0.05, 0) is 30.2 Å². The summed E-state index contributed by atoms with van der Waals surface area (Å²) in [6.07, 6.45) is 6.63. The maximum atomic E-state index is 11.8. The van der Waals surface area contributed by atoms with Gasteiger partial charge in [0, 0.05) is 24.2 Å². The van der Waals surface area contributed by atoms with E-state index < -0.39 is 11.8 Å². The first-order chi connectivity index (χ1) is 10.2. The van der Waals surface area contributed by atoms with Crippen LogP contribution >= 0.6 is 12.4 Å². The number of aryl methyl sites for hydroxylation is 1. The molecule has 0 unspecified atom stereocenters. The van der Waals surface area contributed by atoms with Crippen molar-refractivity contribution in [3.63, 3.8) is 0 Å². The number of halogens is 1. The summed E-state index contributed by atoms with van der Waals surface area (Å²) in [5.41, 5.74) is 6.40. The first-order valence-electron chi connectivity index (χ1n) is 6.66. The normalized spacial score (nSPS) is 9.50. The van der Waals surface area contributed by atoms with Crippen LogP contribution in [0.15, 0.2) is 42.9 Å². The maximum Gasteiger partial charge on any atom is 0.288 e. The number of hydrogen-bond donors (Lipinski definition) is 2. The number of carbonyl (C=O) groups excluding carboxylic acids is 2. The van der Waals surface area contributed by atoms with Crippen molar-refractivity contribution in [3.8, 4) is 0 Å². The van der Waals surface area contributed by atoms with Crippen molar-refractivity contribution in [2.45, 2.75) is 19.8 Å². The largest absolute Gasteiger partial charge is 0.288 e. The highest BCUT2D eigenvalue weighted by Gasteiger charge is 2.09. The first kappa shape index (κ1) is 17.6. The second-order valence-corrected chi connectivity index (χ2v) is 4.45. The topological polar surface area (TPSA) is 84.0 Å². The monoisotopic (exact) mass is 320 g/mol. The van der Waals surface area contributed by atoms with Crippen LogP contribution in [-0.4, -0.2) is 21.8 Å². The third-order valence-electron chi connectivity index (χ3n) is 2.83. The van der Waals surface area contributed by atoms with E-state index in [1.165, 1.54) is 12.4 Å². The molecule has 2 aromatic heterocycles. The lowest BCUT2D eigenvalue weighted by molar-refractivity contribution is 0.0844. The lowest BCUT2D eigenvalue weighted by atomic mass is 10.1. The van der Waals surface area contributed by atoms with Gasteiger partial charge in [0.15, 0.2) is 0 Å². The van der Waals surface area contributed by atoms with Crippen LogP contribution in [0.3, 0.4) is 0 Å². The number of nitrogens with zero attached hydrogens (tertiary/aromatic N) is 2. The molecule has 2 amide bonds. The van der Waals surface area contributed by atoms with Crippen molar-refractivity contribution in [1.82, 2.24) is 20.8 Å². The molecular weight excluding hydrogens is 304 g/mol. The Morgan fingerprint density at radius 2 is 1.73 bits per heavy atom. The minimum Gasteiger partial charge on any atom is -0.267 e. The number of aromatic nitrogens is 2. The smallest absolute Gasteiger partial charge is 0.267 e. The number of nitrogens with one attached hydrogen (secondary N) is 2. The lowest BCUT2D eigenvalue weighted by Crippen LogP contribution is -2.41. The van der Waals surface area contributed by atoms with Crippen molar-refractivity contribution in [2.75, 3.05) is 0 Å². The van der Waals surface area contributed by atoms with Crippen LogP contribution in [0, 0.1) is 0 Å². The van der Waals surface area contributed by atoms with Gasteiger partial charge in [0.1, 0.15) is 5.69 Å². The molecule has 6 nitrogen and oxygen atoms in total. The summed E-state index contributed by atoms with van der Waals surface area (Å²) in [6.45, 7) is 2.08. The number of amides is 2. The van der Waals surface area contributed by atoms with Gasteiger partial charge in [0.25, 0.3) is 11.8 Å². The molecule has 0 bridgehead atoms. The van der Waals surface area contributed by atoms with E-state index in [4.69, 9.17) is 0 Å². The molecule has 0 aliphatic rings. The van der Waals surface area contributed by atoms with Gasteiger partial charge in [-0.2, -0.15) is 0 Å². The number of carbonyl (C=O) groups is 2. The van der Waals surface area contributed by atoms with Gasteiger partial charge < -0.3 is 0 Å². The number of hydrogen-bond acceptors (Lipinski definition) is 4. The number of pyridine rings is 2. The Labute approximate surface area is 134 Å². The van der Waals surface area contributed by atoms with Gasteiger partial charge in [-0.3, -0.25) is 30.4 Å². The van der Waals surface area contributed by atoms with Crippen molar-refractivity contribution in [1.29, 1.82) is 0 Å². The Morgan fingerprint density at radius 3 is 2.32 bits per heavy atom. The Balaban J connectivity index is 0.00000242. The highest BCUT2D eigenvalue weighted by molar-refractivity contribution is 5.98. The number of hydrazine groups is 1. The predicted octanol–water partition coefficient (Wildman–Crippen LogP) is 1.93. The summed E-state index contributed by atoms with van der Waals surface area (Å²) in [4.78, 5) is 31.5. The molecule has 7 heteroatoms. The van der Waals surface area contributed by atoms with Crippen molar-refractivity contribution < 1.29 is 9.59 Å². The van der Waals surface area contributed by atoms with Crippen LogP contribution in [0.1, 0.15) is 39.8 Å². The zero-order valence-electron chi connectivity index (χ0n) is 12.1. The molecule has 2 aromatic rings. The Kier molecular flexibility index (Phi) is 6.98. The van der Waals surface area contributed by atoms with Crippen LogP contribution in [0.2, 0.25) is 0 Å². The fourth-order valence-corrected chi connectivity index (χ4v) is 1.75. The van der Waals surface area contributed by atoms with Gasteiger partial charge in [0.2, 0.25) is 0 Å². The van der Waals surface area contributed by atoms with Crippen LogP contribution < -0.4 is 10.9 Å². The lowest BCUT2D eigenvalue weighted by Gasteiger charge is -2.07. The van der Waals surface area contributed by atoms with Gasteiger partial charge in [-0.25, -0.2) is 0 Å². The average molecular weight is 321 g/mol. The molecule has 22 heavy (non-hydrogen) atoms. The van der Waals surface area contributed by atoms with E-state index in [1.807, 2.05) is 6.07 Å². The molecule has 0 saturated heterocycles. The highest BCUT2D eigenvalue weighted by Crippen LogP contribution is 2.03. The minimum absolute atomic E-state index is 0. The third-order valence-corrected chi connectivity index (χ3v) is 2.83. The van der Waals surface area contributed by atoms with Crippen LogP contribution in [-0.2, 0) is 6.42 Å². The molecule has 0 atom stereocenters. The molecule has 2 rings (SSSR count). The summed E-state index contributed by atoms with van der Waals surface area (Å²) in [5.74, 6) is -0.867. The molecule has 0 aliphatic heterocycles. The van der Waals surface area contributed by atoms with Crippen molar-refractivity contribution in [3.05, 3.63) is 59.7 Å². The Hall–Kier alpha value is -2.47. The van der Waals surface area contributed by atoms with Crippen molar-refractivity contribution in [2.24, 2.45) is 0 Å². The van der Waals surface area contributed by atoms with Gasteiger partial charge in [-0.1, -0.05) is 19.4 Å². The second kappa shape index (κ2) is 8.74. The molecule has 2 heterocycles. The standard InChI is InChI=1S/C15H16N4O2.ClH/c1-2-3-11-4-5-13(17-10-11)15(21)19-18-14(20)12-6-8-16-9-7-12;/h4-10H,2-3H2,1H3,(H,18,20)(H,19,21);1H. The molecule has 0 fully saturated rings. The summed E-state index contributed by atoms with van der Waals surface area (Å²) in [5, 5.41) is 0. The van der Waals surface area contributed by atoms with E-state index in [0.29, 0.717) is 5.56 Å². The molecule has 0 radical (unpaired) electrons. The zero-order chi connectivity index (χ0) is 15.1. The quantitative estimate of drug-likeness (QED) is 0.843. The predicted molar refractivity (Wildman–Crippen MR) is 84.6 cm³/mol. The summed E-state index contributed by atoms with van der Waals surface area (Å²) in [6, 6.07) is 6.60. The molecule has 2 N–H and O–H groups in total. The van der Waals surface area contributed by atoms with Gasteiger partial charge in [0.05, 0.1) is 0 Å². The van der Waals surface area contributed by atoms with E-state index in [9.17, 15) is 9.59 Å². The highest BCUT2D eigenvalue weighted by atomic mass is 35.5. The van der Waals surface area contributed by atoms with E-state index in [-0.39, 0.29) is 18.1 Å². The third kappa shape index (κ3) is 4.82. The Morgan fingerprint density at radius 1 is 1.05 bits per heavy atom. The SMILES string of the molecule is CCCc1ccc(C(=O)NNC(=O)c2ccncc2)nc1.Cl. The van der Waals surface area contributed by atoms with Crippen LogP contribution in [0.25, 0.3) is 0 Å². The summed E-state index contributed by atoms with van der Waals surface area (Å²) in [7, 11) is 0. The molecule has 0 aliphatic carbocycles. The fraction of sp³-hybridized carbons (Fsp3) is 0.200. The van der Waals surface area contributed by atoms with E-state index >= 15 is 0 Å². The molecule has 116 valence electrons.